The van der Waals surface area contributed by atoms with Crippen molar-refractivity contribution < 1.29 is 34.8 Å². The summed E-state index contributed by atoms with van der Waals surface area (Å²) in [6.45, 7) is 0. The first-order valence-electron chi connectivity index (χ1n) is 11.7. The number of aliphatic hydroxyl groups excluding tert-OH is 2. The fourth-order valence-corrected chi connectivity index (χ4v) is 6.00. The molecule has 0 aliphatic heterocycles. The molecular formula is C28H26N2O7. The van der Waals surface area contributed by atoms with Gasteiger partial charge in [0.1, 0.15) is 22.8 Å². The molecule has 0 bridgehead atoms. The molecule has 0 spiro atoms. The Morgan fingerprint density at radius 1 is 1.05 bits per heavy atom. The first kappa shape index (κ1) is 24.5. The van der Waals surface area contributed by atoms with Crippen LogP contribution in [0.1, 0.15) is 23.1 Å². The molecule has 2 aromatic rings. The molecule has 1 amide bonds. The van der Waals surface area contributed by atoms with E-state index in [1.807, 2.05) is 36.4 Å². The first-order chi connectivity index (χ1) is 17.5. The molecule has 3 aliphatic rings. The van der Waals surface area contributed by atoms with Crippen molar-refractivity contribution in [2.45, 2.75) is 18.1 Å². The average Bonchev–Trinajstić information content (AvgIpc) is 2.84. The van der Waals surface area contributed by atoms with Crippen LogP contribution in [-0.2, 0) is 14.4 Å². The third-order valence-electron chi connectivity index (χ3n) is 7.60. The van der Waals surface area contributed by atoms with Crippen LogP contribution in [0, 0.1) is 11.8 Å². The number of Topliss-reactive ketones (excluding diaryl/α,β-unsaturated/α-hetero) is 2. The van der Waals surface area contributed by atoms with Crippen LogP contribution >= 0.6 is 0 Å². The number of primary amides is 1. The lowest BCUT2D eigenvalue weighted by Gasteiger charge is -2.50. The zero-order chi connectivity index (χ0) is 26.8. The van der Waals surface area contributed by atoms with Gasteiger partial charge < -0.3 is 26.2 Å². The highest BCUT2D eigenvalue weighted by Gasteiger charge is 2.64. The fourth-order valence-electron chi connectivity index (χ4n) is 6.00. The molecule has 0 saturated heterocycles. The number of phenols is 1. The molecule has 2 aromatic carbocycles. The number of hydrogen-bond acceptors (Lipinski definition) is 8. The third-order valence-corrected chi connectivity index (χ3v) is 7.60. The van der Waals surface area contributed by atoms with Crippen molar-refractivity contribution in [3.05, 3.63) is 82.1 Å². The summed E-state index contributed by atoms with van der Waals surface area (Å²) >= 11 is 0. The zero-order valence-electron chi connectivity index (χ0n) is 20.2. The number of hydrogen-bond donors (Lipinski definition) is 5. The molecule has 9 heteroatoms. The number of allylic oxidation sites excluding steroid dienone is 1. The van der Waals surface area contributed by atoms with Crippen molar-refractivity contribution >= 4 is 34.9 Å². The lowest BCUT2D eigenvalue weighted by molar-refractivity contribution is -0.152. The summed E-state index contributed by atoms with van der Waals surface area (Å²) in [6, 6.07) is 12.8. The number of carbonyl (C=O) groups excluding carboxylic acids is 3. The van der Waals surface area contributed by atoms with Crippen LogP contribution in [0.5, 0.6) is 5.75 Å². The van der Waals surface area contributed by atoms with Gasteiger partial charge in [-0.15, -0.1) is 0 Å². The van der Waals surface area contributed by atoms with E-state index in [0.717, 1.165) is 5.56 Å². The van der Waals surface area contributed by atoms with Gasteiger partial charge in [-0.25, -0.2) is 0 Å². The van der Waals surface area contributed by atoms with E-state index < -0.39 is 58.0 Å². The Morgan fingerprint density at radius 2 is 1.73 bits per heavy atom. The van der Waals surface area contributed by atoms with Gasteiger partial charge in [-0.1, -0.05) is 48.5 Å². The molecule has 0 aromatic heterocycles. The van der Waals surface area contributed by atoms with E-state index in [4.69, 9.17) is 5.73 Å². The van der Waals surface area contributed by atoms with Crippen LogP contribution in [0.4, 0.5) is 0 Å². The second kappa shape index (κ2) is 8.43. The lowest BCUT2D eigenvalue weighted by Crippen LogP contribution is -2.65. The van der Waals surface area contributed by atoms with E-state index in [-0.39, 0.29) is 23.3 Å². The van der Waals surface area contributed by atoms with E-state index in [1.54, 1.807) is 26.2 Å². The van der Waals surface area contributed by atoms with E-state index in [2.05, 4.69) is 0 Å². The molecule has 0 unspecified atom stereocenters. The predicted octanol–water partition coefficient (Wildman–Crippen LogP) is 1.96. The van der Waals surface area contributed by atoms with Crippen molar-refractivity contribution in [2.24, 2.45) is 17.6 Å². The summed E-state index contributed by atoms with van der Waals surface area (Å²) < 4.78 is 0. The van der Waals surface area contributed by atoms with Gasteiger partial charge in [0.25, 0.3) is 5.91 Å². The van der Waals surface area contributed by atoms with Gasteiger partial charge in [0.15, 0.2) is 11.4 Å². The van der Waals surface area contributed by atoms with Crippen LogP contribution in [0.2, 0.25) is 0 Å². The van der Waals surface area contributed by atoms with E-state index in [9.17, 15) is 34.8 Å². The Morgan fingerprint density at radius 3 is 2.35 bits per heavy atom. The number of aliphatic hydroxyl groups is 3. The summed E-state index contributed by atoms with van der Waals surface area (Å²) in [4.78, 5) is 40.9. The summed E-state index contributed by atoms with van der Waals surface area (Å²) in [5.74, 6) is -7.00. The van der Waals surface area contributed by atoms with Crippen LogP contribution in [-0.4, -0.2) is 68.5 Å². The predicted molar refractivity (Wildman–Crippen MR) is 135 cm³/mol. The Balaban J connectivity index is 1.82. The second-order valence-electron chi connectivity index (χ2n) is 9.82. The van der Waals surface area contributed by atoms with E-state index >= 15 is 0 Å². The van der Waals surface area contributed by atoms with Gasteiger partial charge in [-0.3, -0.25) is 19.3 Å². The highest BCUT2D eigenvalue weighted by atomic mass is 16.3. The summed E-state index contributed by atoms with van der Waals surface area (Å²) in [5, 5.41) is 44.6. The van der Waals surface area contributed by atoms with Crippen molar-refractivity contribution in [2.75, 3.05) is 14.1 Å². The molecule has 1 saturated carbocycles. The number of rotatable bonds is 3. The second-order valence-corrected chi connectivity index (χ2v) is 9.82. The molecule has 190 valence electrons. The number of carbonyl (C=O) groups is 3. The van der Waals surface area contributed by atoms with Crippen LogP contribution in [0.15, 0.2) is 65.4 Å². The molecule has 37 heavy (non-hydrogen) atoms. The largest absolute Gasteiger partial charge is 0.508 e. The van der Waals surface area contributed by atoms with Crippen molar-refractivity contribution in [3.8, 4) is 5.75 Å². The third kappa shape index (κ3) is 3.35. The van der Waals surface area contributed by atoms with Gasteiger partial charge in [-0.05, 0) is 43.3 Å². The highest BCUT2D eigenvalue weighted by molar-refractivity contribution is 6.25. The maximum atomic E-state index is 14.0. The average molecular weight is 503 g/mol. The van der Waals surface area contributed by atoms with Gasteiger partial charge in [0, 0.05) is 17.4 Å². The Labute approximate surface area is 212 Å². The monoisotopic (exact) mass is 502 g/mol. The minimum atomic E-state index is -2.69. The van der Waals surface area contributed by atoms with Gasteiger partial charge in [0.05, 0.1) is 11.6 Å². The number of aromatic hydroxyl groups is 1. The molecule has 0 heterocycles. The molecule has 5 rings (SSSR count). The number of ketones is 2. The number of fused-ring (bicyclic) bond motifs is 3. The standard InChI is InChI=1S/C28H26N2O7/c1-30(2)22-17-12-16-15(11-13-7-4-3-5-8-13)14-9-6-10-18(31)19(14)23(32)20(16)25(34)28(17,37)26(35)21(24(22)33)27(29)36/h3-11,16-17,22,31-32,35,37H,12H2,1-2H3,(H2,29,36)/b15-11+/t16-,17+,22+,28+/m0/s1. The first-order valence-corrected chi connectivity index (χ1v) is 11.7. The van der Waals surface area contributed by atoms with Crippen molar-refractivity contribution in [1.29, 1.82) is 0 Å². The quantitative estimate of drug-likeness (QED) is 0.398. The summed E-state index contributed by atoms with van der Waals surface area (Å²) in [6.07, 6.45) is 1.80. The Kier molecular flexibility index (Phi) is 5.58. The Hall–Kier alpha value is -4.21. The van der Waals surface area contributed by atoms with Crippen molar-refractivity contribution in [1.82, 2.24) is 4.90 Å². The Bertz CT molecular complexity index is 1450. The number of amides is 1. The number of nitrogens with zero attached hydrogens (tertiary/aromatic N) is 1. The molecular weight excluding hydrogens is 476 g/mol. The maximum Gasteiger partial charge on any atom is 0.255 e. The number of nitrogens with two attached hydrogens (primary N) is 1. The van der Waals surface area contributed by atoms with Crippen molar-refractivity contribution in [3.63, 3.8) is 0 Å². The van der Waals surface area contributed by atoms with Crippen LogP contribution in [0.3, 0.4) is 0 Å². The van der Waals surface area contributed by atoms with Crippen LogP contribution < -0.4 is 5.73 Å². The van der Waals surface area contributed by atoms with Gasteiger partial charge in [0.2, 0.25) is 5.78 Å². The molecule has 1 fully saturated rings. The molecule has 6 N–H and O–H groups in total. The smallest absolute Gasteiger partial charge is 0.255 e. The van der Waals surface area contributed by atoms with Gasteiger partial charge in [-0.2, -0.15) is 0 Å². The SMILES string of the molecule is CN(C)[C@H]1C(=O)C(C(N)=O)=C(O)[C@]2(O)C(=O)C3=C(O)c4c(O)cccc4/C(=C\c4ccccc4)[C@@H]3C[C@H]12. The van der Waals surface area contributed by atoms with E-state index in [1.165, 1.54) is 11.0 Å². The van der Waals surface area contributed by atoms with Crippen LogP contribution in [0.25, 0.3) is 17.4 Å². The molecule has 4 atom stereocenters. The fraction of sp³-hybridized carbons (Fsp3) is 0.250. The summed E-state index contributed by atoms with van der Waals surface area (Å²) in [7, 11) is 3.12. The molecule has 3 aliphatic carbocycles. The number of likely N-dealkylation sites (N-methyl/N-ethyl adjacent to an activating group) is 1. The number of benzene rings is 2. The minimum absolute atomic E-state index is 0.0148. The number of phenolic OH excluding ortho intramolecular Hbond substituents is 1. The topological polar surface area (TPSA) is 161 Å². The zero-order valence-corrected chi connectivity index (χ0v) is 20.2. The maximum absolute atomic E-state index is 14.0. The molecule has 9 nitrogen and oxygen atoms in total. The summed E-state index contributed by atoms with van der Waals surface area (Å²) in [5.41, 5.74) is 3.50. The normalized spacial score (nSPS) is 28.3. The lowest BCUT2D eigenvalue weighted by atomic mass is 9.56. The highest BCUT2D eigenvalue weighted by Crippen LogP contribution is 2.56. The molecule has 0 radical (unpaired) electrons. The minimum Gasteiger partial charge on any atom is -0.508 e. The van der Waals surface area contributed by atoms with Gasteiger partial charge >= 0.3 is 0 Å². The van der Waals surface area contributed by atoms with E-state index in [0.29, 0.717) is 11.1 Å².